The van der Waals surface area contributed by atoms with Crippen LogP contribution in [0.1, 0.15) is 82.3 Å². The molecule has 0 N–H and O–H groups in total. The summed E-state index contributed by atoms with van der Waals surface area (Å²) < 4.78 is 5.14. The molecule has 1 aromatic rings. The number of benzene rings is 1. The molecule has 2 aliphatic rings. The van der Waals surface area contributed by atoms with Gasteiger partial charge in [-0.2, -0.15) is 0 Å². The maximum atomic E-state index is 12.2. The highest BCUT2D eigenvalue weighted by molar-refractivity contribution is 5.79. The normalized spacial score (nSPS) is 30.9. The van der Waals surface area contributed by atoms with Gasteiger partial charge in [-0.1, -0.05) is 56.9 Å². The molecule has 0 atom stereocenters. The van der Waals surface area contributed by atoms with Crippen molar-refractivity contribution < 1.29 is 14.6 Å². The number of hydrogen-bond acceptors (Lipinski definition) is 3. The molecular weight excluding hydrogens is 348 g/mol. The number of ether oxygens (including phenoxy) is 1. The molecule has 0 heterocycles. The van der Waals surface area contributed by atoms with Gasteiger partial charge in [0, 0.05) is 12.5 Å². The van der Waals surface area contributed by atoms with E-state index in [1.165, 1.54) is 44.1 Å². The van der Waals surface area contributed by atoms with Gasteiger partial charge in [0.05, 0.1) is 12.6 Å². The van der Waals surface area contributed by atoms with Gasteiger partial charge in [-0.15, -0.1) is 0 Å². The van der Waals surface area contributed by atoms with Crippen molar-refractivity contribution >= 4 is 5.97 Å². The molecule has 1 aromatic carbocycles. The number of carbonyl (C=O) groups excluding carboxylic acids is 1. The van der Waals surface area contributed by atoms with E-state index in [4.69, 9.17) is 4.74 Å². The van der Waals surface area contributed by atoms with Crippen molar-refractivity contribution in [1.82, 2.24) is 0 Å². The molecule has 0 amide bonds. The summed E-state index contributed by atoms with van der Waals surface area (Å²) in [5.41, 5.74) is 1.32. The van der Waals surface area contributed by atoms with E-state index in [1.54, 1.807) is 7.11 Å². The minimum atomic E-state index is -0.887. The molecule has 156 valence electrons. The first kappa shape index (κ1) is 21.4. The van der Waals surface area contributed by atoms with Crippen molar-refractivity contribution in [2.75, 3.05) is 13.7 Å². The van der Waals surface area contributed by atoms with Crippen molar-refractivity contribution in [3.63, 3.8) is 0 Å². The summed E-state index contributed by atoms with van der Waals surface area (Å²) in [5, 5.41) is 12.2. The predicted octanol–water partition coefficient (Wildman–Crippen LogP) is 4.66. The first-order valence-corrected chi connectivity index (χ1v) is 11.4. The fourth-order valence-corrected chi connectivity index (χ4v) is 5.78. The Morgan fingerprint density at radius 2 is 1.64 bits per heavy atom. The Labute approximate surface area is 170 Å². The number of carboxylic acids is 1. The van der Waals surface area contributed by atoms with E-state index in [0.29, 0.717) is 12.5 Å². The van der Waals surface area contributed by atoms with E-state index in [0.717, 1.165) is 49.5 Å². The van der Waals surface area contributed by atoms with E-state index in [1.807, 2.05) is 12.1 Å². The third-order valence-electron chi connectivity index (χ3n) is 7.63. The molecule has 2 saturated carbocycles. The average molecular weight is 386 g/mol. The molecule has 0 unspecified atom stereocenters. The molecule has 28 heavy (non-hydrogen) atoms. The van der Waals surface area contributed by atoms with Gasteiger partial charge < -0.3 is 14.6 Å². The minimum absolute atomic E-state index is 0.688. The third kappa shape index (κ3) is 4.79. The summed E-state index contributed by atoms with van der Waals surface area (Å²) in [6.07, 6.45) is 12.5. The van der Waals surface area contributed by atoms with Crippen molar-refractivity contribution in [3.05, 3.63) is 35.4 Å². The summed E-state index contributed by atoms with van der Waals surface area (Å²) in [5.74, 6) is 1.56. The number of aliphatic carboxylic acids is 1. The van der Waals surface area contributed by atoms with E-state index in [-0.39, 0.29) is 0 Å². The molecule has 0 radical (unpaired) electrons. The fraction of sp³-hybridized carbons (Fsp3) is 0.720. The van der Waals surface area contributed by atoms with E-state index >= 15 is 0 Å². The molecule has 0 aromatic heterocycles. The topological polar surface area (TPSA) is 49.4 Å². The van der Waals surface area contributed by atoms with Gasteiger partial charge in [0.2, 0.25) is 0 Å². The van der Waals surface area contributed by atoms with Gasteiger partial charge in [-0.25, -0.2) is 0 Å². The van der Waals surface area contributed by atoms with Crippen LogP contribution in [0.5, 0.6) is 0 Å². The fourth-order valence-electron chi connectivity index (χ4n) is 5.78. The zero-order valence-corrected chi connectivity index (χ0v) is 17.8. The van der Waals surface area contributed by atoms with Crippen LogP contribution in [-0.2, 0) is 21.4 Å². The van der Waals surface area contributed by atoms with Crippen LogP contribution >= 0.6 is 0 Å². The standard InChI is InChI=1S/C25H38O3/c1-3-4-19-5-9-21(10-6-19)22-13-16-25(17-14-22,24(26)27)23-11-7-20(8-12-23)15-18-28-2/h7-8,11-12,19,21-22H,3-6,9-10,13-18H2,1-2H3,(H,26,27)/p-1. The molecular formula is C25H37O3-. The Balaban J connectivity index is 1.61. The Hall–Kier alpha value is -1.35. The van der Waals surface area contributed by atoms with Crippen LogP contribution in [0, 0.1) is 17.8 Å². The average Bonchev–Trinajstić information content (AvgIpc) is 2.73. The lowest BCUT2D eigenvalue weighted by molar-refractivity contribution is -0.315. The predicted molar refractivity (Wildman–Crippen MR) is 111 cm³/mol. The maximum absolute atomic E-state index is 12.2. The molecule has 0 aliphatic heterocycles. The summed E-state index contributed by atoms with van der Waals surface area (Å²) in [4.78, 5) is 12.2. The van der Waals surface area contributed by atoms with Gasteiger partial charge >= 0.3 is 0 Å². The molecule has 0 spiro atoms. The first-order chi connectivity index (χ1) is 13.6. The van der Waals surface area contributed by atoms with Crippen LogP contribution in [0.2, 0.25) is 0 Å². The number of carboxylic acid groups (broad SMARTS) is 1. The lowest BCUT2D eigenvalue weighted by atomic mass is 9.62. The van der Waals surface area contributed by atoms with E-state index < -0.39 is 11.4 Å². The second-order valence-corrected chi connectivity index (χ2v) is 9.22. The quantitative estimate of drug-likeness (QED) is 0.654. The van der Waals surface area contributed by atoms with Gasteiger partial charge in [0.25, 0.3) is 0 Å². The second-order valence-electron chi connectivity index (χ2n) is 9.22. The highest BCUT2D eigenvalue weighted by Gasteiger charge is 2.40. The van der Waals surface area contributed by atoms with Gasteiger partial charge in [0.15, 0.2) is 0 Å². The molecule has 2 fully saturated rings. The molecule has 3 heteroatoms. The van der Waals surface area contributed by atoms with Gasteiger partial charge in [-0.3, -0.25) is 0 Å². The van der Waals surface area contributed by atoms with Crippen molar-refractivity contribution in [2.24, 2.45) is 17.8 Å². The van der Waals surface area contributed by atoms with Gasteiger partial charge in [0.1, 0.15) is 0 Å². The number of rotatable bonds is 8. The van der Waals surface area contributed by atoms with Crippen LogP contribution in [0.15, 0.2) is 24.3 Å². The summed E-state index contributed by atoms with van der Waals surface area (Å²) in [7, 11) is 1.70. The zero-order chi connectivity index (χ0) is 20.0. The minimum Gasteiger partial charge on any atom is -0.549 e. The largest absolute Gasteiger partial charge is 0.549 e. The molecule has 3 nitrogen and oxygen atoms in total. The van der Waals surface area contributed by atoms with Gasteiger partial charge in [-0.05, 0) is 73.8 Å². The molecule has 3 rings (SSSR count). The Bertz CT molecular complexity index is 605. The lowest BCUT2D eigenvalue weighted by Crippen LogP contribution is -2.48. The first-order valence-electron chi connectivity index (χ1n) is 11.4. The van der Waals surface area contributed by atoms with Crippen molar-refractivity contribution in [2.45, 2.75) is 83.0 Å². The highest BCUT2D eigenvalue weighted by Crippen LogP contribution is 2.47. The monoisotopic (exact) mass is 385 g/mol. The Kier molecular flexibility index (Phi) is 7.56. The molecule has 0 saturated heterocycles. The van der Waals surface area contributed by atoms with E-state index in [2.05, 4.69) is 19.1 Å². The van der Waals surface area contributed by atoms with Crippen LogP contribution in [0.3, 0.4) is 0 Å². The summed E-state index contributed by atoms with van der Waals surface area (Å²) in [6.45, 7) is 2.98. The second kappa shape index (κ2) is 9.91. The van der Waals surface area contributed by atoms with Crippen LogP contribution in [0.25, 0.3) is 0 Å². The van der Waals surface area contributed by atoms with Crippen LogP contribution < -0.4 is 5.11 Å². The third-order valence-corrected chi connectivity index (χ3v) is 7.63. The van der Waals surface area contributed by atoms with Crippen molar-refractivity contribution in [1.29, 1.82) is 0 Å². The lowest BCUT2D eigenvalue weighted by Gasteiger charge is -2.44. The summed E-state index contributed by atoms with van der Waals surface area (Å²) in [6, 6.07) is 8.13. The van der Waals surface area contributed by atoms with E-state index in [9.17, 15) is 9.90 Å². The van der Waals surface area contributed by atoms with Crippen LogP contribution in [-0.4, -0.2) is 19.7 Å². The smallest absolute Gasteiger partial charge is 0.0520 e. The maximum Gasteiger partial charge on any atom is 0.0520 e. The molecule has 2 aliphatic carbocycles. The Morgan fingerprint density at radius 1 is 1.04 bits per heavy atom. The highest BCUT2D eigenvalue weighted by atomic mass is 16.5. The number of hydrogen-bond donors (Lipinski definition) is 0. The number of carbonyl (C=O) groups is 1. The zero-order valence-electron chi connectivity index (χ0n) is 17.8. The molecule has 0 bridgehead atoms. The Morgan fingerprint density at radius 3 is 2.18 bits per heavy atom. The SMILES string of the molecule is CCCC1CCC(C2CCC(C(=O)[O-])(c3ccc(CCOC)cc3)CC2)CC1. The number of methoxy groups -OCH3 is 1. The summed E-state index contributed by atoms with van der Waals surface area (Å²) >= 11 is 0. The van der Waals surface area contributed by atoms with Crippen molar-refractivity contribution in [3.8, 4) is 0 Å². The van der Waals surface area contributed by atoms with Crippen LogP contribution in [0.4, 0.5) is 0 Å².